The number of amides is 1. The van der Waals surface area contributed by atoms with Crippen molar-refractivity contribution in [2.24, 2.45) is 0 Å². The van der Waals surface area contributed by atoms with Gasteiger partial charge in [0.1, 0.15) is 5.69 Å². The fourth-order valence-corrected chi connectivity index (χ4v) is 4.68. The van der Waals surface area contributed by atoms with Crippen LogP contribution in [0.4, 0.5) is 5.13 Å². The van der Waals surface area contributed by atoms with Crippen molar-refractivity contribution in [1.82, 2.24) is 19.7 Å². The number of thiazole rings is 1. The van der Waals surface area contributed by atoms with Gasteiger partial charge in [-0.3, -0.25) is 14.4 Å². The monoisotopic (exact) mass is 449 g/mol. The van der Waals surface area contributed by atoms with Gasteiger partial charge in [-0.1, -0.05) is 17.4 Å². The highest BCUT2D eigenvalue weighted by Gasteiger charge is 2.26. The van der Waals surface area contributed by atoms with Crippen molar-refractivity contribution >= 4 is 45.0 Å². The summed E-state index contributed by atoms with van der Waals surface area (Å²) in [4.78, 5) is 22.4. The Morgan fingerprint density at radius 1 is 1.13 bits per heavy atom. The van der Waals surface area contributed by atoms with Crippen LogP contribution in [0.1, 0.15) is 53.6 Å². The Labute approximate surface area is 189 Å². The number of benzene rings is 1. The first-order valence-corrected chi connectivity index (χ1v) is 10.9. The summed E-state index contributed by atoms with van der Waals surface area (Å²) >= 11 is 1.59. The molecule has 3 rings (SSSR count). The Morgan fingerprint density at radius 3 is 2.47 bits per heavy atom. The summed E-state index contributed by atoms with van der Waals surface area (Å²) in [6.07, 6.45) is 0.876. The van der Waals surface area contributed by atoms with Gasteiger partial charge in [0.25, 0.3) is 5.91 Å². The van der Waals surface area contributed by atoms with Crippen molar-refractivity contribution in [3.63, 3.8) is 0 Å². The first-order valence-electron chi connectivity index (χ1n) is 10.1. The van der Waals surface area contributed by atoms with E-state index >= 15 is 0 Å². The molecular weight excluding hydrogens is 418 g/mol. The van der Waals surface area contributed by atoms with Crippen LogP contribution >= 0.6 is 23.7 Å². The third-order valence-corrected chi connectivity index (χ3v) is 5.87. The number of anilines is 1. The van der Waals surface area contributed by atoms with Crippen LogP contribution in [0.2, 0.25) is 0 Å². The van der Waals surface area contributed by atoms with Gasteiger partial charge in [-0.15, -0.1) is 12.4 Å². The maximum Gasteiger partial charge on any atom is 0.278 e. The Balaban J connectivity index is 0.00000320. The lowest BCUT2D eigenvalue weighted by Gasteiger charge is -2.22. The number of aromatic nitrogens is 3. The van der Waals surface area contributed by atoms with Gasteiger partial charge in [-0.25, -0.2) is 4.98 Å². The smallest absolute Gasteiger partial charge is 0.278 e. The number of nitrogens with zero attached hydrogens (tertiary/aromatic N) is 5. The number of fused-ring (bicyclic) bond motifs is 1. The van der Waals surface area contributed by atoms with Crippen molar-refractivity contribution in [2.75, 3.05) is 32.1 Å². The van der Waals surface area contributed by atoms with E-state index < -0.39 is 0 Å². The van der Waals surface area contributed by atoms with Gasteiger partial charge < -0.3 is 4.90 Å². The third-order valence-electron chi connectivity index (χ3n) is 4.85. The van der Waals surface area contributed by atoms with Crippen LogP contribution in [0, 0.1) is 20.8 Å². The minimum Gasteiger partial charge on any atom is -0.309 e. The molecule has 3 aromatic rings. The molecule has 2 heterocycles. The van der Waals surface area contributed by atoms with Crippen molar-refractivity contribution < 1.29 is 4.79 Å². The molecule has 0 bridgehead atoms. The molecule has 8 heteroatoms. The largest absolute Gasteiger partial charge is 0.309 e. The second-order valence-corrected chi connectivity index (χ2v) is 9.26. The van der Waals surface area contributed by atoms with Crippen LogP contribution in [-0.4, -0.2) is 52.8 Å². The van der Waals surface area contributed by atoms with E-state index in [-0.39, 0.29) is 24.4 Å². The molecule has 0 aliphatic rings. The lowest BCUT2D eigenvalue weighted by atomic mass is 10.1. The highest BCUT2D eigenvalue weighted by atomic mass is 35.5. The van der Waals surface area contributed by atoms with Crippen molar-refractivity contribution in [3.8, 4) is 0 Å². The van der Waals surface area contributed by atoms with Gasteiger partial charge in [0, 0.05) is 12.6 Å². The van der Waals surface area contributed by atoms with Gasteiger partial charge >= 0.3 is 0 Å². The van der Waals surface area contributed by atoms with Crippen LogP contribution < -0.4 is 4.90 Å². The molecule has 0 spiro atoms. The van der Waals surface area contributed by atoms with E-state index in [0.717, 1.165) is 39.6 Å². The lowest BCUT2D eigenvalue weighted by Crippen LogP contribution is -2.35. The molecule has 0 fully saturated rings. The summed E-state index contributed by atoms with van der Waals surface area (Å²) in [5.41, 5.74) is 4.81. The van der Waals surface area contributed by atoms with Gasteiger partial charge in [0.2, 0.25) is 0 Å². The number of aryl methyl sites for hydroxylation is 3. The second-order valence-electron chi connectivity index (χ2n) is 8.25. The van der Waals surface area contributed by atoms with E-state index in [0.29, 0.717) is 12.2 Å². The highest BCUT2D eigenvalue weighted by Crippen LogP contribution is 2.32. The highest BCUT2D eigenvalue weighted by molar-refractivity contribution is 7.22. The van der Waals surface area contributed by atoms with E-state index in [1.807, 2.05) is 50.5 Å². The van der Waals surface area contributed by atoms with Crippen LogP contribution in [0.5, 0.6) is 0 Å². The molecule has 0 aliphatic heterocycles. The number of hydrogen-bond acceptors (Lipinski definition) is 5. The molecule has 0 saturated carbocycles. The van der Waals surface area contributed by atoms with Gasteiger partial charge in [-0.05, 0) is 84.9 Å². The molecule has 0 N–H and O–H groups in total. The topological polar surface area (TPSA) is 54.3 Å². The number of carbonyl (C=O) groups excluding carboxylic acids is 1. The molecule has 0 saturated heterocycles. The first-order chi connectivity index (χ1) is 13.7. The molecule has 0 aliphatic carbocycles. The molecule has 0 radical (unpaired) electrons. The Hall–Kier alpha value is -1.96. The Bertz CT molecular complexity index is 1020. The molecule has 6 nitrogen and oxygen atoms in total. The predicted octanol–water partition coefficient (Wildman–Crippen LogP) is 5.02. The van der Waals surface area contributed by atoms with E-state index in [1.165, 1.54) is 5.56 Å². The van der Waals surface area contributed by atoms with Gasteiger partial charge in [0.05, 0.1) is 15.9 Å². The summed E-state index contributed by atoms with van der Waals surface area (Å²) in [6.45, 7) is 11.7. The molecular formula is C22H32ClN5OS. The van der Waals surface area contributed by atoms with E-state index in [2.05, 4.69) is 36.0 Å². The third kappa shape index (κ3) is 5.20. The molecule has 164 valence electrons. The Kier molecular flexibility index (Phi) is 8.02. The maximum atomic E-state index is 13.6. The standard InChI is InChI=1S/C22H31N5OS.ClH/c1-14(2)27-18(13-17(5)24-27)21(28)26(10-8-9-25(6)7)22-23-20-16(4)11-15(3)12-19(20)29-22;/h11-14H,8-10H2,1-7H3;1H. The van der Waals surface area contributed by atoms with Gasteiger partial charge in [-0.2, -0.15) is 5.10 Å². The zero-order chi connectivity index (χ0) is 21.3. The summed E-state index contributed by atoms with van der Waals surface area (Å²) in [5.74, 6) is -0.0357. The Morgan fingerprint density at radius 2 is 1.83 bits per heavy atom. The number of carbonyl (C=O) groups is 1. The lowest BCUT2D eigenvalue weighted by molar-refractivity contribution is 0.0974. The van der Waals surface area contributed by atoms with Crippen LogP contribution in [0.15, 0.2) is 18.2 Å². The van der Waals surface area contributed by atoms with E-state index in [4.69, 9.17) is 4.98 Å². The number of hydrogen-bond donors (Lipinski definition) is 0. The molecule has 0 atom stereocenters. The molecule has 1 amide bonds. The minimum absolute atomic E-state index is 0. The summed E-state index contributed by atoms with van der Waals surface area (Å²) < 4.78 is 2.94. The summed E-state index contributed by atoms with van der Waals surface area (Å²) in [5, 5.41) is 5.28. The molecule has 30 heavy (non-hydrogen) atoms. The van der Waals surface area contributed by atoms with E-state index in [1.54, 1.807) is 11.3 Å². The maximum absolute atomic E-state index is 13.6. The van der Waals surface area contributed by atoms with Crippen LogP contribution in [-0.2, 0) is 0 Å². The molecule has 1 aromatic carbocycles. The molecule has 2 aromatic heterocycles. The zero-order valence-corrected chi connectivity index (χ0v) is 20.5. The van der Waals surface area contributed by atoms with Crippen molar-refractivity contribution in [3.05, 3.63) is 40.7 Å². The SMILES string of the molecule is Cc1cc(C)c2nc(N(CCCN(C)C)C(=O)c3cc(C)nn3C(C)C)sc2c1.Cl. The average Bonchev–Trinajstić information content (AvgIpc) is 3.21. The predicted molar refractivity (Wildman–Crippen MR) is 129 cm³/mol. The van der Waals surface area contributed by atoms with Crippen LogP contribution in [0.3, 0.4) is 0 Å². The number of halogens is 1. The number of rotatable bonds is 7. The van der Waals surface area contributed by atoms with Gasteiger partial charge in [0.15, 0.2) is 5.13 Å². The minimum atomic E-state index is -0.0357. The fraction of sp³-hybridized carbons (Fsp3) is 0.500. The van der Waals surface area contributed by atoms with Crippen LogP contribution in [0.25, 0.3) is 10.2 Å². The molecule has 0 unspecified atom stereocenters. The van der Waals surface area contributed by atoms with Crippen molar-refractivity contribution in [2.45, 2.75) is 47.1 Å². The average molecular weight is 450 g/mol. The second kappa shape index (κ2) is 9.90. The summed E-state index contributed by atoms with van der Waals surface area (Å²) in [7, 11) is 4.10. The normalized spacial score (nSPS) is 11.4. The quantitative estimate of drug-likeness (QED) is 0.508. The zero-order valence-electron chi connectivity index (χ0n) is 18.9. The van der Waals surface area contributed by atoms with Crippen molar-refractivity contribution in [1.29, 1.82) is 0 Å². The first kappa shape index (κ1) is 24.3. The van der Waals surface area contributed by atoms with E-state index in [9.17, 15) is 4.79 Å². The summed E-state index contributed by atoms with van der Waals surface area (Å²) in [6, 6.07) is 6.28. The fourth-order valence-electron chi connectivity index (χ4n) is 3.51.